The second kappa shape index (κ2) is 4.12. The van der Waals surface area contributed by atoms with E-state index in [1.54, 1.807) is 6.07 Å². The van der Waals surface area contributed by atoms with Crippen LogP contribution in [-0.2, 0) is 0 Å². The number of halogens is 2. The lowest BCUT2D eigenvalue weighted by molar-refractivity contribution is 0.529. The molecule has 1 atom stereocenters. The molecule has 0 amide bonds. The van der Waals surface area contributed by atoms with Crippen molar-refractivity contribution in [2.45, 2.75) is 19.4 Å². The van der Waals surface area contributed by atoms with Crippen LogP contribution in [0.25, 0.3) is 16.6 Å². The Kier molecular flexibility index (Phi) is 2.70. The monoisotopic (exact) mass is 308 g/mol. The SMILES string of the molecule is C=C1NCCC(C)n2c1cc1cc(F)cc(Br)c12. The van der Waals surface area contributed by atoms with Crippen molar-refractivity contribution in [3.05, 3.63) is 40.8 Å². The number of hydrogen-bond donors (Lipinski definition) is 1. The Hall–Kier alpha value is -1.29. The lowest BCUT2D eigenvalue weighted by Gasteiger charge is -2.15. The largest absolute Gasteiger partial charge is 0.384 e. The molecule has 4 heteroatoms. The van der Waals surface area contributed by atoms with Crippen LogP contribution in [0.15, 0.2) is 29.3 Å². The van der Waals surface area contributed by atoms with E-state index in [-0.39, 0.29) is 5.82 Å². The molecule has 94 valence electrons. The molecule has 2 heterocycles. The molecule has 1 aliphatic rings. The van der Waals surface area contributed by atoms with Crippen molar-refractivity contribution in [1.82, 2.24) is 9.88 Å². The number of rotatable bonds is 0. The third-order valence-corrected chi connectivity index (χ3v) is 4.11. The third-order valence-electron chi connectivity index (χ3n) is 3.50. The summed E-state index contributed by atoms with van der Waals surface area (Å²) in [5.74, 6) is -0.221. The molecule has 1 aromatic carbocycles. The maximum absolute atomic E-state index is 13.5. The molecular formula is C14H14BrFN2. The van der Waals surface area contributed by atoms with Gasteiger partial charge >= 0.3 is 0 Å². The molecule has 0 saturated heterocycles. The first-order valence-electron chi connectivity index (χ1n) is 6.01. The van der Waals surface area contributed by atoms with E-state index in [0.717, 1.165) is 39.7 Å². The summed E-state index contributed by atoms with van der Waals surface area (Å²) in [6.45, 7) is 7.15. The number of nitrogens with zero attached hydrogens (tertiary/aromatic N) is 1. The first-order valence-corrected chi connectivity index (χ1v) is 6.80. The van der Waals surface area contributed by atoms with E-state index < -0.39 is 0 Å². The molecule has 0 fully saturated rings. The molecule has 0 bridgehead atoms. The average molecular weight is 309 g/mol. The van der Waals surface area contributed by atoms with Crippen LogP contribution in [0.2, 0.25) is 0 Å². The summed E-state index contributed by atoms with van der Waals surface area (Å²) in [4.78, 5) is 0. The molecule has 0 aliphatic carbocycles. The maximum Gasteiger partial charge on any atom is 0.125 e. The second-order valence-corrected chi connectivity index (χ2v) is 5.62. The molecule has 0 radical (unpaired) electrons. The van der Waals surface area contributed by atoms with Gasteiger partial charge < -0.3 is 9.88 Å². The summed E-state index contributed by atoms with van der Waals surface area (Å²) >= 11 is 3.47. The van der Waals surface area contributed by atoms with Crippen molar-refractivity contribution in [2.24, 2.45) is 0 Å². The van der Waals surface area contributed by atoms with E-state index in [2.05, 4.69) is 39.3 Å². The molecule has 2 nitrogen and oxygen atoms in total. The Morgan fingerprint density at radius 1 is 1.44 bits per heavy atom. The average Bonchev–Trinajstić information content (AvgIpc) is 2.62. The van der Waals surface area contributed by atoms with Crippen LogP contribution < -0.4 is 5.32 Å². The molecule has 3 rings (SSSR count). The van der Waals surface area contributed by atoms with E-state index in [9.17, 15) is 4.39 Å². The van der Waals surface area contributed by atoms with Crippen LogP contribution in [-0.4, -0.2) is 11.1 Å². The molecule has 1 unspecified atom stereocenters. The van der Waals surface area contributed by atoms with E-state index in [1.807, 2.05) is 6.07 Å². The van der Waals surface area contributed by atoms with Crippen LogP contribution in [0.4, 0.5) is 4.39 Å². The van der Waals surface area contributed by atoms with Crippen LogP contribution in [0.3, 0.4) is 0 Å². The van der Waals surface area contributed by atoms with Gasteiger partial charge in [0.2, 0.25) is 0 Å². The Balaban J connectivity index is 2.38. The van der Waals surface area contributed by atoms with E-state index in [0.29, 0.717) is 6.04 Å². The number of fused-ring (bicyclic) bond motifs is 3. The van der Waals surface area contributed by atoms with Crippen LogP contribution in [0, 0.1) is 5.82 Å². The van der Waals surface area contributed by atoms with Crippen molar-refractivity contribution >= 4 is 32.5 Å². The van der Waals surface area contributed by atoms with Gasteiger partial charge in [-0.1, -0.05) is 6.58 Å². The van der Waals surface area contributed by atoms with Crippen molar-refractivity contribution in [3.63, 3.8) is 0 Å². The number of hydrogen-bond acceptors (Lipinski definition) is 1. The first-order chi connectivity index (χ1) is 8.58. The highest BCUT2D eigenvalue weighted by molar-refractivity contribution is 9.10. The van der Waals surface area contributed by atoms with Gasteiger partial charge in [-0.2, -0.15) is 0 Å². The summed E-state index contributed by atoms with van der Waals surface area (Å²) < 4.78 is 16.5. The third kappa shape index (κ3) is 1.67. The molecule has 1 N–H and O–H groups in total. The zero-order valence-corrected chi connectivity index (χ0v) is 11.7. The Morgan fingerprint density at radius 2 is 2.22 bits per heavy atom. The summed E-state index contributed by atoms with van der Waals surface area (Å²) in [6.07, 6.45) is 1.03. The Labute approximate surface area is 114 Å². The van der Waals surface area contributed by atoms with Crippen molar-refractivity contribution < 1.29 is 4.39 Å². The van der Waals surface area contributed by atoms with Gasteiger partial charge in [0.15, 0.2) is 0 Å². The maximum atomic E-state index is 13.5. The highest BCUT2D eigenvalue weighted by Crippen LogP contribution is 2.35. The van der Waals surface area contributed by atoms with Gasteiger partial charge in [-0.25, -0.2) is 4.39 Å². The highest BCUT2D eigenvalue weighted by Gasteiger charge is 2.21. The van der Waals surface area contributed by atoms with Gasteiger partial charge in [-0.3, -0.25) is 0 Å². The zero-order valence-electron chi connectivity index (χ0n) is 10.1. The summed E-state index contributed by atoms with van der Waals surface area (Å²) in [6, 6.07) is 5.46. The smallest absolute Gasteiger partial charge is 0.125 e. The molecule has 18 heavy (non-hydrogen) atoms. The van der Waals surface area contributed by atoms with Gasteiger partial charge in [-0.15, -0.1) is 0 Å². The minimum absolute atomic E-state index is 0.221. The van der Waals surface area contributed by atoms with Crippen molar-refractivity contribution in [2.75, 3.05) is 6.54 Å². The normalized spacial score (nSPS) is 19.5. The standard InChI is InChI=1S/C14H14BrFN2/c1-8-3-4-17-9(2)13-6-10-5-11(16)7-12(15)14(10)18(8)13/h5-8,17H,2-4H2,1H3. The fourth-order valence-electron chi connectivity index (χ4n) is 2.63. The predicted molar refractivity (Wildman–Crippen MR) is 76.0 cm³/mol. The zero-order chi connectivity index (χ0) is 12.9. The van der Waals surface area contributed by atoms with Gasteiger partial charge in [0.25, 0.3) is 0 Å². The van der Waals surface area contributed by atoms with E-state index >= 15 is 0 Å². The highest BCUT2D eigenvalue weighted by atomic mass is 79.9. The number of benzene rings is 1. The van der Waals surface area contributed by atoms with Gasteiger partial charge in [0.05, 0.1) is 16.9 Å². The molecular weight excluding hydrogens is 295 g/mol. The van der Waals surface area contributed by atoms with Crippen LogP contribution in [0.5, 0.6) is 0 Å². The Bertz CT molecular complexity index is 645. The molecule has 0 spiro atoms. The fraction of sp³-hybridized carbons (Fsp3) is 0.286. The Morgan fingerprint density at radius 3 is 3.00 bits per heavy atom. The minimum atomic E-state index is -0.221. The fourth-order valence-corrected chi connectivity index (χ4v) is 3.27. The number of nitrogens with one attached hydrogen (secondary N) is 1. The molecule has 1 aromatic heterocycles. The van der Waals surface area contributed by atoms with Gasteiger partial charge in [0.1, 0.15) is 5.82 Å². The summed E-state index contributed by atoms with van der Waals surface area (Å²) in [5, 5.41) is 4.21. The van der Waals surface area contributed by atoms with Crippen LogP contribution in [0.1, 0.15) is 25.1 Å². The van der Waals surface area contributed by atoms with E-state index in [1.165, 1.54) is 6.07 Å². The second-order valence-electron chi connectivity index (χ2n) is 4.77. The lowest BCUT2D eigenvalue weighted by Crippen LogP contribution is -2.10. The summed E-state index contributed by atoms with van der Waals surface area (Å²) in [5.41, 5.74) is 2.99. The summed E-state index contributed by atoms with van der Waals surface area (Å²) in [7, 11) is 0. The predicted octanol–water partition coefficient (Wildman–Crippen LogP) is 4.07. The van der Waals surface area contributed by atoms with Gasteiger partial charge in [-0.05, 0) is 47.5 Å². The molecule has 2 aromatic rings. The topological polar surface area (TPSA) is 17.0 Å². The quantitative estimate of drug-likeness (QED) is 0.776. The molecule has 1 aliphatic heterocycles. The minimum Gasteiger partial charge on any atom is -0.384 e. The van der Waals surface area contributed by atoms with E-state index in [4.69, 9.17) is 0 Å². The first kappa shape index (κ1) is 11.8. The number of aromatic nitrogens is 1. The van der Waals surface area contributed by atoms with Crippen molar-refractivity contribution in [1.29, 1.82) is 0 Å². The molecule has 0 saturated carbocycles. The van der Waals surface area contributed by atoms with Gasteiger partial charge in [0, 0.05) is 22.4 Å². The van der Waals surface area contributed by atoms with Crippen molar-refractivity contribution in [3.8, 4) is 0 Å². The lowest BCUT2D eigenvalue weighted by atomic mass is 10.2. The van der Waals surface area contributed by atoms with Crippen LogP contribution >= 0.6 is 15.9 Å².